The Bertz CT molecular complexity index is 1530. The minimum atomic E-state index is -5.00. The molecule has 0 bridgehead atoms. The van der Waals surface area contributed by atoms with Crippen molar-refractivity contribution in [3.05, 3.63) is 72.9 Å². The van der Waals surface area contributed by atoms with Gasteiger partial charge in [-0.25, -0.2) is 8.42 Å². The van der Waals surface area contributed by atoms with Crippen LogP contribution in [0.15, 0.2) is 72.9 Å². The molecule has 1 aromatic heterocycles. The van der Waals surface area contributed by atoms with Gasteiger partial charge >= 0.3 is 12.3 Å². The first-order chi connectivity index (χ1) is 16.4. The topological polar surface area (TPSA) is 86.6 Å². The van der Waals surface area contributed by atoms with E-state index >= 15 is 0 Å². The van der Waals surface area contributed by atoms with E-state index in [-0.39, 0.29) is 22.7 Å². The average Bonchev–Trinajstić information content (AvgIpc) is 3.16. The number of nitrogens with zero attached hydrogens (tertiary/aromatic N) is 1. The maximum absolute atomic E-state index is 13.5. The van der Waals surface area contributed by atoms with Gasteiger partial charge in [-0.1, -0.05) is 30.3 Å². The maximum Gasteiger partial charge on any atom is 0.573 e. The lowest BCUT2D eigenvalue weighted by molar-refractivity contribution is -0.274. The second-order valence-corrected chi connectivity index (χ2v) is 9.37. The van der Waals surface area contributed by atoms with Gasteiger partial charge in [0, 0.05) is 24.1 Å². The third-order valence-corrected chi connectivity index (χ3v) is 5.50. The predicted molar refractivity (Wildman–Crippen MR) is 125 cm³/mol. The van der Waals surface area contributed by atoms with Crippen molar-refractivity contribution in [1.82, 2.24) is 4.57 Å². The molecule has 1 heterocycles. The highest BCUT2D eigenvalue weighted by molar-refractivity contribution is 7.92. The molecule has 35 heavy (non-hydrogen) atoms. The molecule has 0 atom stereocenters. The first-order valence-corrected chi connectivity index (χ1v) is 12.1. The summed E-state index contributed by atoms with van der Waals surface area (Å²) in [7, 11) is -3.58. The minimum Gasteiger partial charge on any atom is -0.427 e. The highest BCUT2D eigenvalue weighted by Gasteiger charge is 2.34. The van der Waals surface area contributed by atoms with E-state index in [0.29, 0.717) is 16.5 Å². The van der Waals surface area contributed by atoms with Crippen molar-refractivity contribution in [3.8, 4) is 28.3 Å². The molecule has 0 saturated carbocycles. The smallest absolute Gasteiger partial charge is 0.427 e. The molecule has 182 valence electrons. The molecule has 11 heteroatoms. The molecule has 4 aromatic rings. The highest BCUT2D eigenvalue weighted by Crippen LogP contribution is 2.41. The van der Waals surface area contributed by atoms with E-state index in [1.54, 1.807) is 42.5 Å². The van der Waals surface area contributed by atoms with Gasteiger partial charge in [0.2, 0.25) is 10.0 Å². The Morgan fingerprint density at radius 1 is 1.00 bits per heavy atom. The van der Waals surface area contributed by atoms with Crippen molar-refractivity contribution < 1.29 is 35.9 Å². The number of nitrogens with one attached hydrogen (secondary N) is 1. The monoisotopic (exact) mass is 504 g/mol. The quantitative estimate of drug-likeness (QED) is 0.277. The number of rotatable bonds is 6. The zero-order valence-electron chi connectivity index (χ0n) is 18.5. The second-order valence-electron chi connectivity index (χ2n) is 7.62. The fraction of sp³-hybridized carbons (Fsp3) is 0.125. The zero-order valence-corrected chi connectivity index (χ0v) is 19.3. The van der Waals surface area contributed by atoms with Crippen molar-refractivity contribution >= 4 is 32.6 Å². The number of hydrogen-bond acceptors (Lipinski definition) is 5. The standard InChI is InChI=1S/C24H19F3N2O5S/c1-15(30)33-17-7-3-6-16(14-17)18-8-4-11-22(23(18)34-24(25,26)27)29-13-12-19-20(28-35(2,31)32)9-5-10-21(19)29/h3-14,28H,1-2H3. The van der Waals surface area contributed by atoms with Crippen molar-refractivity contribution in [3.63, 3.8) is 0 Å². The number of carbonyl (C=O) groups excluding carboxylic acids is 1. The Balaban J connectivity index is 1.92. The van der Waals surface area contributed by atoms with Gasteiger partial charge in [-0.15, -0.1) is 13.2 Å². The van der Waals surface area contributed by atoms with E-state index in [4.69, 9.17) is 4.74 Å². The number of alkyl halides is 3. The van der Waals surface area contributed by atoms with Crippen molar-refractivity contribution in [2.24, 2.45) is 0 Å². The van der Waals surface area contributed by atoms with Crippen LogP contribution in [-0.4, -0.2) is 31.6 Å². The van der Waals surface area contributed by atoms with Gasteiger partial charge < -0.3 is 14.0 Å². The van der Waals surface area contributed by atoms with Gasteiger partial charge in [0.05, 0.1) is 23.1 Å². The molecule has 3 aromatic carbocycles. The molecule has 0 aliphatic rings. The molecule has 7 nitrogen and oxygen atoms in total. The first-order valence-electron chi connectivity index (χ1n) is 10.2. The van der Waals surface area contributed by atoms with Crippen LogP contribution in [0.1, 0.15) is 6.92 Å². The van der Waals surface area contributed by atoms with Crippen molar-refractivity contribution in [1.29, 1.82) is 0 Å². The molecule has 0 amide bonds. The number of carbonyl (C=O) groups is 1. The van der Waals surface area contributed by atoms with Crippen LogP contribution < -0.4 is 14.2 Å². The Kier molecular flexibility index (Phi) is 6.20. The van der Waals surface area contributed by atoms with Gasteiger partial charge in [-0.2, -0.15) is 0 Å². The summed E-state index contributed by atoms with van der Waals surface area (Å²) in [4.78, 5) is 11.3. The number of halogens is 3. The van der Waals surface area contributed by atoms with Crippen LogP contribution >= 0.6 is 0 Å². The van der Waals surface area contributed by atoms with Gasteiger partial charge in [0.15, 0.2) is 5.75 Å². The molecule has 0 unspecified atom stereocenters. The molecular weight excluding hydrogens is 485 g/mol. The van der Waals surface area contributed by atoms with Crippen LogP contribution in [0.5, 0.6) is 11.5 Å². The maximum atomic E-state index is 13.5. The normalized spacial score (nSPS) is 11.9. The number of aromatic nitrogens is 1. The van der Waals surface area contributed by atoms with Crippen LogP contribution in [0.25, 0.3) is 27.7 Å². The van der Waals surface area contributed by atoms with E-state index in [1.807, 2.05) is 0 Å². The molecule has 0 fully saturated rings. The summed E-state index contributed by atoms with van der Waals surface area (Å²) in [5, 5.41) is 0.484. The summed E-state index contributed by atoms with van der Waals surface area (Å²) in [5.74, 6) is -0.875. The summed E-state index contributed by atoms with van der Waals surface area (Å²) in [5.41, 5.74) is 1.26. The van der Waals surface area contributed by atoms with E-state index in [9.17, 15) is 26.4 Å². The number of esters is 1. The summed E-state index contributed by atoms with van der Waals surface area (Å²) >= 11 is 0. The molecule has 0 aliphatic carbocycles. The van der Waals surface area contributed by atoms with Gasteiger partial charge in [-0.05, 0) is 42.0 Å². The molecule has 4 rings (SSSR count). The van der Waals surface area contributed by atoms with Crippen LogP contribution in [-0.2, 0) is 14.8 Å². The number of benzene rings is 3. The fourth-order valence-electron chi connectivity index (χ4n) is 3.72. The van der Waals surface area contributed by atoms with Gasteiger partial charge in [-0.3, -0.25) is 9.52 Å². The number of sulfonamides is 1. The Labute approximate surface area is 198 Å². The van der Waals surface area contributed by atoms with Gasteiger partial charge in [0.25, 0.3) is 0 Å². The number of ether oxygens (including phenoxy) is 2. The first kappa shape index (κ1) is 24.1. The Hall–Kier alpha value is -3.99. The SMILES string of the molecule is CC(=O)Oc1cccc(-c2cccc(-n3ccc4c(NS(C)(=O)=O)cccc43)c2OC(F)(F)F)c1. The summed E-state index contributed by atoms with van der Waals surface area (Å²) < 4.78 is 77.4. The van der Waals surface area contributed by atoms with E-state index in [0.717, 1.165) is 6.26 Å². The summed E-state index contributed by atoms with van der Waals surface area (Å²) in [6, 6.07) is 16.9. The highest BCUT2D eigenvalue weighted by atomic mass is 32.2. The minimum absolute atomic E-state index is 0.0734. The van der Waals surface area contributed by atoms with Crippen LogP contribution in [0.3, 0.4) is 0 Å². The number of anilines is 1. The number of fused-ring (bicyclic) bond motifs is 1. The van der Waals surface area contributed by atoms with Crippen molar-refractivity contribution in [2.75, 3.05) is 11.0 Å². The lowest BCUT2D eigenvalue weighted by atomic mass is 10.0. The second kappa shape index (κ2) is 8.99. The van der Waals surface area contributed by atoms with Crippen LogP contribution in [0.4, 0.5) is 18.9 Å². The lowest BCUT2D eigenvalue weighted by Gasteiger charge is -2.19. The number of hydrogen-bond donors (Lipinski definition) is 1. The molecular formula is C24H19F3N2O5S. The van der Waals surface area contributed by atoms with Crippen LogP contribution in [0.2, 0.25) is 0 Å². The van der Waals surface area contributed by atoms with Crippen LogP contribution in [0, 0.1) is 0 Å². The van der Waals surface area contributed by atoms with E-state index in [2.05, 4.69) is 9.46 Å². The summed E-state index contributed by atoms with van der Waals surface area (Å²) in [6.45, 7) is 1.22. The average molecular weight is 504 g/mol. The third kappa shape index (κ3) is 5.57. The van der Waals surface area contributed by atoms with Crippen molar-refractivity contribution in [2.45, 2.75) is 13.3 Å². The molecule has 0 aliphatic heterocycles. The lowest BCUT2D eigenvalue weighted by Crippen LogP contribution is -2.19. The zero-order chi connectivity index (χ0) is 25.4. The van der Waals surface area contributed by atoms with E-state index < -0.39 is 28.1 Å². The van der Waals surface area contributed by atoms with Gasteiger partial charge in [0.1, 0.15) is 5.75 Å². The van der Waals surface area contributed by atoms with E-state index in [1.165, 1.54) is 42.0 Å². The Morgan fingerprint density at radius 3 is 2.40 bits per heavy atom. The largest absolute Gasteiger partial charge is 0.573 e. The molecule has 1 N–H and O–H groups in total. The summed E-state index contributed by atoms with van der Waals surface area (Å²) in [6.07, 6.45) is -2.47. The third-order valence-electron chi connectivity index (χ3n) is 4.91. The molecule has 0 radical (unpaired) electrons. The number of para-hydroxylation sites is 1. The molecule has 0 spiro atoms. The predicted octanol–water partition coefficient (Wildman–Crippen LogP) is 5.49. The molecule has 0 saturated heterocycles. The Morgan fingerprint density at radius 2 is 1.71 bits per heavy atom. The fourth-order valence-corrected chi connectivity index (χ4v) is 4.30.